The van der Waals surface area contributed by atoms with Crippen LogP contribution in [0, 0.1) is 0 Å². The average Bonchev–Trinajstić information content (AvgIpc) is 3.59. The molecule has 0 aliphatic carbocycles. The number of hydrogen-bond donors (Lipinski definition) is 0. The van der Waals surface area contributed by atoms with Gasteiger partial charge in [0.05, 0.1) is 9.60 Å². The average molecular weight is 633 g/mol. The Hall–Kier alpha value is -6.65. The molecule has 0 N–H and O–H groups in total. The number of benzene rings is 8. The fourth-order valence-electron chi connectivity index (χ4n) is 6.67. The van der Waals surface area contributed by atoms with Crippen LogP contribution in [0.3, 0.4) is 0 Å². The van der Waals surface area contributed by atoms with Crippen molar-refractivity contribution in [2.45, 2.75) is 0 Å². The lowest BCUT2D eigenvalue weighted by atomic mass is 9.92. The van der Waals surface area contributed by atoms with E-state index >= 15 is 0 Å². The molecule has 10 aromatic rings. The molecule has 0 fully saturated rings. The third kappa shape index (κ3) is 4.49. The summed E-state index contributed by atoms with van der Waals surface area (Å²) in [5.74, 6) is 1.56. The molecule has 0 aliphatic heterocycles. The van der Waals surface area contributed by atoms with Crippen molar-refractivity contribution in [3.63, 3.8) is 0 Å². The van der Waals surface area contributed by atoms with E-state index in [1.165, 1.54) is 18.2 Å². The maximum absolute atomic E-state index is 9.59. The molecule has 10 rings (SSSR count). The fourth-order valence-corrected chi connectivity index (χ4v) is 6.67. The summed E-state index contributed by atoms with van der Waals surface area (Å²) in [6.07, 6.45) is 0. The monoisotopic (exact) mass is 632 g/mol. The van der Waals surface area contributed by atoms with Crippen LogP contribution in [0.15, 0.2) is 168 Å². The van der Waals surface area contributed by atoms with Crippen LogP contribution in [-0.4, -0.2) is 15.0 Å². The first-order valence-electron chi connectivity index (χ1n) is 19.4. The molecule has 0 bridgehead atoms. The minimum absolute atomic E-state index is 0.0188. The van der Waals surface area contributed by atoms with Gasteiger partial charge in [0.2, 0.25) is 0 Å². The summed E-state index contributed by atoms with van der Waals surface area (Å²) < 4.78 is 68.1. The molecule has 0 unspecified atom stereocenters. The first-order valence-corrected chi connectivity index (χ1v) is 15.9. The molecular formula is C45H27N3O. The molecule has 8 aromatic carbocycles. The molecule has 0 amide bonds. The molecule has 0 saturated heterocycles. The van der Waals surface area contributed by atoms with Crippen LogP contribution in [0.25, 0.3) is 99.5 Å². The Labute approximate surface area is 291 Å². The lowest BCUT2D eigenvalue weighted by molar-refractivity contribution is 0.669. The summed E-state index contributed by atoms with van der Waals surface area (Å²) in [6.45, 7) is 0. The maximum atomic E-state index is 9.59. The van der Waals surface area contributed by atoms with Crippen LogP contribution in [0.1, 0.15) is 9.60 Å². The van der Waals surface area contributed by atoms with Crippen molar-refractivity contribution < 1.29 is 14.0 Å². The highest BCUT2D eigenvalue weighted by Crippen LogP contribution is 2.40. The summed E-state index contributed by atoms with van der Waals surface area (Å²) in [4.78, 5) is 14.7. The van der Waals surface area contributed by atoms with Crippen LogP contribution < -0.4 is 0 Å². The van der Waals surface area contributed by atoms with Crippen LogP contribution in [-0.2, 0) is 0 Å². The minimum Gasteiger partial charge on any atom is -0.456 e. The van der Waals surface area contributed by atoms with Crippen LogP contribution >= 0.6 is 0 Å². The van der Waals surface area contributed by atoms with Crippen LogP contribution in [0.2, 0.25) is 0 Å². The summed E-state index contributed by atoms with van der Waals surface area (Å²) >= 11 is 0. The largest absolute Gasteiger partial charge is 0.456 e. The molecular weight excluding hydrogens is 599 g/mol. The Bertz CT molecular complexity index is 3220. The normalized spacial score (nSPS) is 13.7. The molecule has 228 valence electrons. The van der Waals surface area contributed by atoms with Gasteiger partial charge in [0.25, 0.3) is 0 Å². The Morgan fingerprint density at radius 3 is 1.84 bits per heavy atom. The third-order valence-electron chi connectivity index (χ3n) is 8.96. The molecule has 0 atom stereocenters. The second kappa shape index (κ2) is 11.0. The molecule has 4 heteroatoms. The number of furan rings is 1. The number of nitrogens with zero attached hydrogens (tertiary/aromatic N) is 3. The second-order valence-electron chi connectivity index (χ2n) is 11.8. The van der Waals surface area contributed by atoms with Crippen molar-refractivity contribution in [3.8, 4) is 45.3 Å². The van der Waals surface area contributed by atoms with Gasteiger partial charge in [-0.25, -0.2) is 15.0 Å². The molecule has 2 aromatic heterocycles. The van der Waals surface area contributed by atoms with Gasteiger partial charge in [-0.1, -0.05) is 139 Å². The zero-order valence-corrected chi connectivity index (χ0v) is 25.8. The fraction of sp³-hybridized carbons (Fsp3) is 0. The Balaban J connectivity index is 1.20. The molecule has 2 heterocycles. The smallest absolute Gasteiger partial charge is 0.164 e. The number of fused-ring (bicyclic) bond motifs is 9. The van der Waals surface area contributed by atoms with Crippen molar-refractivity contribution in [3.05, 3.63) is 164 Å². The first-order chi connectivity index (χ1) is 27.2. The Morgan fingerprint density at radius 2 is 1.08 bits per heavy atom. The van der Waals surface area contributed by atoms with Gasteiger partial charge in [0.15, 0.2) is 17.5 Å². The third-order valence-corrected chi connectivity index (χ3v) is 8.96. The number of rotatable bonds is 4. The van der Waals surface area contributed by atoms with Crippen LogP contribution in [0.4, 0.5) is 0 Å². The topological polar surface area (TPSA) is 51.8 Å². The van der Waals surface area contributed by atoms with Gasteiger partial charge in [-0.05, 0) is 67.7 Å². The summed E-state index contributed by atoms with van der Waals surface area (Å²) in [7, 11) is 0. The predicted octanol–water partition coefficient (Wildman–Crippen LogP) is 11.9. The molecule has 4 nitrogen and oxygen atoms in total. The highest BCUT2D eigenvalue weighted by Gasteiger charge is 2.18. The van der Waals surface area contributed by atoms with E-state index in [1.54, 1.807) is 6.07 Å². The van der Waals surface area contributed by atoms with E-state index in [0.717, 1.165) is 27.5 Å². The van der Waals surface area contributed by atoms with Gasteiger partial charge in [-0.2, -0.15) is 0 Å². The highest BCUT2D eigenvalue weighted by molar-refractivity contribution is 6.25. The van der Waals surface area contributed by atoms with Gasteiger partial charge in [-0.15, -0.1) is 0 Å². The van der Waals surface area contributed by atoms with E-state index in [9.17, 15) is 2.74 Å². The zero-order chi connectivity index (χ0) is 38.4. The van der Waals surface area contributed by atoms with Crippen molar-refractivity contribution in [2.24, 2.45) is 0 Å². The van der Waals surface area contributed by atoms with E-state index in [0.29, 0.717) is 66.7 Å². The SMILES string of the molecule is [2H]c1cc2c(cc1[2H])c1c([2H])c([2H])cc([2H])c1c1c([2H])c(-c3ccc4c(c3)oc3cccc(-c5nc(-c6ccccc6)nc(-c6ccccc6)n5)c34)c([2H])cc21. The van der Waals surface area contributed by atoms with E-state index in [4.69, 9.17) is 26.2 Å². The Kier molecular flexibility index (Phi) is 4.76. The summed E-state index contributed by atoms with van der Waals surface area (Å²) in [5, 5.41) is 3.93. The lowest BCUT2D eigenvalue weighted by Crippen LogP contribution is -2.00. The van der Waals surface area contributed by atoms with Crippen molar-refractivity contribution >= 4 is 54.3 Å². The van der Waals surface area contributed by atoms with Crippen molar-refractivity contribution in [1.29, 1.82) is 0 Å². The molecule has 0 aliphatic rings. The van der Waals surface area contributed by atoms with Crippen molar-refractivity contribution in [1.82, 2.24) is 15.0 Å². The van der Waals surface area contributed by atoms with Gasteiger partial charge >= 0.3 is 0 Å². The van der Waals surface area contributed by atoms with Gasteiger partial charge in [0, 0.05) is 27.5 Å². The standard InChI is InChI=1S/C45H27N3O/c1-3-12-28(13-4-1)43-46-44(29-14-5-2-6-15-29)48-45(47-43)38-20-11-21-40-42(38)37-25-23-31(27-41(37)49-40)30-22-24-36-34-18-8-7-16-32(34)33-17-9-10-19-35(33)39(36)26-30/h1-27H/i7D,8D,9D,17D,19D,22D,26D. The second-order valence-corrected chi connectivity index (χ2v) is 11.8. The number of hydrogen-bond acceptors (Lipinski definition) is 4. The van der Waals surface area contributed by atoms with Gasteiger partial charge in [-0.3, -0.25) is 0 Å². The number of aromatic nitrogens is 3. The maximum Gasteiger partial charge on any atom is 0.164 e. The minimum atomic E-state index is -0.145. The van der Waals surface area contributed by atoms with Crippen molar-refractivity contribution in [2.75, 3.05) is 0 Å². The lowest BCUT2D eigenvalue weighted by Gasteiger charge is -2.12. The van der Waals surface area contributed by atoms with E-state index in [2.05, 4.69) is 0 Å². The van der Waals surface area contributed by atoms with Gasteiger partial charge < -0.3 is 4.42 Å². The summed E-state index contributed by atoms with van der Waals surface area (Å²) in [6, 6.07) is 36.4. The quantitative estimate of drug-likeness (QED) is 0.181. The molecule has 0 saturated carbocycles. The zero-order valence-electron chi connectivity index (χ0n) is 32.8. The van der Waals surface area contributed by atoms with E-state index < -0.39 is 0 Å². The van der Waals surface area contributed by atoms with E-state index in [1.807, 2.05) is 97.1 Å². The molecule has 0 spiro atoms. The Morgan fingerprint density at radius 1 is 0.408 bits per heavy atom. The predicted molar refractivity (Wildman–Crippen MR) is 201 cm³/mol. The first kappa shape index (κ1) is 21.3. The van der Waals surface area contributed by atoms with E-state index in [-0.39, 0.29) is 47.7 Å². The van der Waals surface area contributed by atoms with Crippen LogP contribution in [0.5, 0.6) is 0 Å². The highest BCUT2D eigenvalue weighted by atomic mass is 16.3. The molecule has 0 radical (unpaired) electrons. The summed E-state index contributed by atoms with van der Waals surface area (Å²) in [5.41, 5.74) is 4.47. The van der Waals surface area contributed by atoms with Gasteiger partial charge in [0.1, 0.15) is 11.2 Å². The molecule has 49 heavy (non-hydrogen) atoms.